The number of ether oxygens (including phenoxy) is 2. The first-order chi connectivity index (χ1) is 13.8. The van der Waals surface area contributed by atoms with Crippen LogP contribution in [0.5, 0.6) is 5.75 Å². The molecule has 5 nitrogen and oxygen atoms in total. The highest BCUT2D eigenvalue weighted by atomic mass is 32.1. The fraction of sp³-hybridized carbons (Fsp3) is 0.500. The van der Waals surface area contributed by atoms with Crippen LogP contribution in [0.2, 0.25) is 0 Å². The Bertz CT molecular complexity index is 697. The first-order valence-corrected chi connectivity index (χ1v) is 11.0. The fourth-order valence-electron chi connectivity index (χ4n) is 3.30. The lowest BCUT2D eigenvalue weighted by atomic mass is 10.1. The number of benzene rings is 1. The Labute approximate surface area is 171 Å². The van der Waals surface area contributed by atoms with E-state index in [2.05, 4.69) is 29.8 Å². The van der Waals surface area contributed by atoms with E-state index >= 15 is 0 Å². The minimum Gasteiger partial charge on any atom is -0.494 e. The van der Waals surface area contributed by atoms with Crippen LogP contribution in [0.25, 0.3) is 0 Å². The molecule has 1 aliphatic heterocycles. The van der Waals surface area contributed by atoms with E-state index < -0.39 is 0 Å². The van der Waals surface area contributed by atoms with Crippen LogP contribution in [0.1, 0.15) is 37.5 Å². The average Bonchev–Trinajstić information content (AvgIpc) is 3.24. The number of nitrogens with one attached hydrogen (secondary N) is 1. The van der Waals surface area contributed by atoms with Gasteiger partial charge >= 0.3 is 6.03 Å². The maximum atomic E-state index is 13.0. The number of anilines is 1. The molecule has 2 amide bonds. The highest BCUT2D eigenvalue weighted by molar-refractivity contribution is 7.09. The summed E-state index contributed by atoms with van der Waals surface area (Å²) in [7, 11) is 0. The minimum atomic E-state index is -0.0388. The van der Waals surface area contributed by atoms with Crippen molar-refractivity contribution in [2.45, 2.75) is 45.1 Å². The van der Waals surface area contributed by atoms with Gasteiger partial charge in [0.15, 0.2) is 0 Å². The zero-order valence-corrected chi connectivity index (χ0v) is 17.4. The van der Waals surface area contributed by atoms with Gasteiger partial charge in [-0.15, -0.1) is 11.3 Å². The third-order valence-electron chi connectivity index (χ3n) is 4.94. The van der Waals surface area contributed by atoms with Crippen molar-refractivity contribution in [3.63, 3.8) is 0 Å². The molecule has 2 heterocycles. The number of rotatable bonds is 9. The molecule has 0 aliphatic carbocycles. The van der Waals surface area contributed by atoms with Crippen LogP contribution in [0.15, 0.2) is 41.8 Å². The maximum absolute atomic E-state index is 13.0. The molecule has 0 bridgehead atoms. The Balaban J connectivity index is 1.59. The quantitative estimate of drug-likeness (QED) is 0.588. The molecule has 0 radical (unpaired) electrons. The van der Waals surface area contributed by atoms with Gasteiger partial charge in [0.25, 0.3) is 0 Å². The number of nitrogens with zero attached hydrogens (tertiary/aromatic N) is 1. The molecule has 1 saturated heterocycles. The van der Waals surface area contributed by atoms with Gasteiger partial charge in [0, 0.05) is 36.4 Å². The molecule has 1 aromatic carbocycles. The summed E-state index contributed by atoms with van der Waals surface area (Å²) in [6.07, 6.45) is 4.82. The van der Waals surface area contributed by atoms with Crippen molar-refractivity contribution in [3.05, 3.63) is 46.7 Å². The van der Waals surface area contributed by atoms with Crippen molar-refractivity contribution in [1.29, 1.82) is 0 Å². The third-order valence-corrected chi connectivity index (χ3v) is 5.88. The summed E-state index contributed by atoms with van der Waals surface area (Å²) in [5.41, 5.74) is 0.793. The summed E-state index contributed by atoms with van der Waals surface area (Å²) in [5.74, 6) is 0.838. The minimum absolute atomic E-state index is 0.0388. The van der Waals surface area contributed by atoms with Gasteiger partial charge in [-0.1, -0.05) is 19.4 Å². The zero-order chi connectivity index (χ0) is 19.6. The second kappa shape index (κ2) is 11.1. The van der Waals surface area contributed by atoms with E-state index in [1.54, 1.807) is 11.3 Å². The molecule has 1 aliphatic rings. The van der Waals surface area contributed by atoms with E-state index in [9.17, 15) is 4.79 Å². The molecule has 0 atom stereocenters. The molecule has 0 saturated carbocycles. The molecule has 2 aromatic rings. The largest absolute Gasteiger partial charge is 0.494 e. The number of hydrogen-bond donors (Lipinski definition) is 1. The maximum Gasteiger partial charge on any atom is 0.322 e. The van der Waals surface area contributed by atoms with Crippen LogP contribution in [-0.4, -0.2) is 43.3 Å². The van der Waals surface area contributed by atoms with Crippen LogP contribution in [0, 0.1) is 0 Å². The van der Waals surface area contributed by atoms with Crippen molar-refractivity contribution in [2.75, 3.05) is 31.7 Å². The van der Waals surface area contributed by atoms with Gasteiger partial charge in [0.2, 0.25) is 0 Å². The molecule has 152 valence electrons. The predicted molar refractivity (Wildman–Crippen MR) is 114 cm³/mol. The van der Waals surface area contributed by atoms with Crippen molar-refractivity contribution >= 4 is 23.1 Å². The van der Waals surface area contributed by atoms with Gasteiger partial charge in [-0.05, 0) is 61.4 Å². The molecule has 28 heavy (non-hydrogen) atoms. The predicted octanol–water partition coefficient (Wildman–Crippen LogP) is 5.18. The Morgan fingerprint density at radius 1 is 1.25 bits per heavy atom. The number of carbonyl (C=O) groups excluding carboxylic acids is 1. The van der Waals surface area contributed by atoms with E-state index in [0.717, 1.165) is 69.9 Å². The van der Waals surface area contributed by atoms with E-state index in [4.69, 9.17) is 9.47 Å². The second-order valence-electron chi connectivity index (χ2n) is 7.02. The normalized spacial score (nSPS) is 14.6. The molecule has 0 unspecified atom stereocenters. The number of urea groups is 1. The van der Waals surface area contributed by atoms with Gasteiger partial charge in [0.05, 0.1) is 6.61 Å². The first-order valence-electron chi connectivity index (χ1n) is 10.2. The summed E-state index contributed by atoms with van der Waals surface area (Å²) in [5, 5.41) is 5.14. The lowest BCUT2D eigenvalue weighted by Crippen LogP contribution is -2.46. The molecule has 1 aromatic heterocycles. The molecular weight excluding hydrogens is 372 g/mol. The molecular formula is C22H30N2O3S. The molecule has 1 fully saturated rings. The topological polar surface area (TPSA) is 50.8 Å². The van der Waals surface area contributed by atoms with Gasteiger partial charge in [-0.3, -0.25) is 0 Å². The van der Waals surface area contributed by atoms with E-state index in [1.807, 2.05) is 29.2 Å². The highest BCUT2D eigenvalue weighted by Gasteiger charge is 2.25. The molecule has 0 spiro atoms. The molecule has 3 rings (SSSR count). The Morgan fingerprint density at radius 3 is 2.71 bits per heavy atom. The van der Waals surface area contributed by atoms with E-state index in [1.165, 1.54) is 4.88 Å². The SMILES string of the molecule is CCCCOc1ccc(NC(=O)N(CCc2cccs2)C2CCOCC2)cc1. The molecule has 6 heteroatoms. The lowest BCUT2D eigenvalue weighted by Gasteiger charge is -2.34. The van der Waals surface area contributed by atoms with Gasteiger partial charge in [-0.25, -0.2) is 4.79 Å². The van der Waals surface area contributed by atoms with Crippen molar-refractivity contribution in [3.8, 4) is 5.75 Å². The number of amides is 2. The highest BCUT2D eigenvalue weighted by Crippen LogP contribution is 2.20. The van der Waals surface area contributed by atoms with E-state index in [0.29, 0.717) is 0 Å². The van der Waals surface area contributed by atoms with Gasteiger partial charge in [0.1, 0.15) is 5.75 Å². The smallest absolute Gasteiger partial charge is 0.322 e. The average molecular weight is 403 g/mol. The second-order valence-corrected chi connectivity index (χ2v) is 8.06. The van der Waals surface area contributed by atoms with Gasteiger partial charge < -0.3 is 19.7 Å². The standard InChI is InChI=1S/C22H30N2O3S/c1-2-3-14-27-20-8-6-18(7-9-20)23-22(25)24(19-11-15-26-16-12-19)13-10-21-5-4-17-28-21/h4-9,17,19H,2-3,10-16H2,1H3,(H,23,25). The number of thiophene rings is 1. The van der Waals surface area contributed by atoms with Crippen LogP contribution in [0.4, 0.5) is 10.5 Å². The molecule has 1 N–H and O–H groups in total. The van der Waals surface area contributed by atoms with Crippen LogP contribution >= 0.6 is 11.3 Å². The number of hydrogen-bond acceptors (Lipinski definition) is 4. The summed E-state index contributed by atoms with van der Waals surface area (Å²) in [6.45, 7) is 5.02. The van der Waals surface area contributed by atoms with Gasteiger partial charge in [-0.2, -0.15) is 0 Å². The van der Waals surface area contributed by atoms with Crippen LogP contribution < -0.4 is 10.1 Å². The summed E-state index contributed by atoms with van der Waals surface area (Å²) in [4.78, 5) is 16.3. The lowest BCUT2D eigenvalue weighted by molar-refractivity contribution is 0.0484. The fourth-order valence-corrected chi connectivity index (χ4v) is 3.99. The summed E-state index contributed by atoms with van der Waals surface area (Å²) in [6, 6.07) is 12.0. The zero-order valence-electron chi connectivity index (χ0n) is 16.6. The summed E-state index contributed by atoms with van der Waals surface area (Å²) < 4.78 is 11.2. The summed E-state index contributed by atoms with van der Waals surface area (Å²) >= 11 is 1.74. The monoisotopic (exact) mass is 402 g/mol. The number of unbranched alkanes of at least 4 members (excludes halogenated alkanes) is 1. The van der Waals surface area contributed by atoms with Crippen molar-refractivity contribution in [2.24, 2.45) is 0 Å². The Kier molecular flexibility index (Phi) is 8.18. The van der Waals surface area contributed by atoms with Crippen LogP contribution in [0.3, 0.4) is 0 Å². The third kappa shape index (κ3) is 6.24. The Hall–Kier alpha value is -2.05. The van der Waals surface area contributed by atoms with Crippen LogP contribution in [-0.2, 0) is 11.2 Å². The number of carbonyl (C=O) groups is 1. The Morgan fingerprint density at radius 2 is 2.04 bits per heavy atom. The first kappa shape index (κ1) is 20.7. The van der Waals surface area contributed by atoms with Crippen molar-refractivity contribution < 1.29 is 14.3 Å². The van der Waals surface area contributed by atoms with Crippen molar-refractivity contribution in [1.82, 2.24) is 4.90 Å². The van der Waals surface area contributed by atoms with E-state index in [-0.39, 0.29) is 12.1 Å².